The van der Waals surface area contributed by atoms with E-state index in [1.165, 1.54) is 12.1 Å². The van der Waals surface area contributed by atoms with Gasteiger partial charge in [0.1, 0.15) is 11.0 Å². The van der Waals surface area contributed by atoms with E-state index in [2.05, 4.69) is 19.8 Å². The summed E-state index contributed by atoms with van der Waals surface area (Å²) in [6.45, 7) is 3.61. The maximum atomic E-state index is 13.0. The zero-order valence-corrected chi connectivity index (χ0v) is 13.6. The molecule has 1 aromatic carbocycles. The van der Waals surface area contributed by atoms with Gasteiger partial charge < -0.3 is 14.5 Å². The quantitative estimate of drug-likeness (QED) is 0.803. The van der Waals surface area contributed by atoms with Crippen LogP contribution >= 0.6 is 11.6 Å². The van der Waals surface area contributed by atoms with Gasteiger partial charge in [0, 0.05) is 39.0 Å². The number of rotatable bonds is 4. The molecule has 0 N–H and O–H groups in total. The topological polar surface area (TPSA) is 41.5 Å². The molecule has 1 aromatic heterocycles. The van der Waals surface area contributed by atoms with Crippen LogP contribution in [0.5, 0.6) is 0 Å². The van der Waals surface area contributed by atoms with Gasteiger partial charge in [0.25, 0.3) is 0 Å². The van der Waals surface area contributed by atoms with Gasteiger partial charge in [-0.2, -0.15) is 0 Å². The van der Waals surface area contributed by atoms with Crippen molar-refractivity contribution in [2.24, 2.45) is 0 Å². The van der Waals surface area contributed by atoms with E-state index in [0.29, 0.717) is 17.7 Å². The molecule has 0 saturated carbocycles. The van der Waals surface area contributed by atoms with Crippen LogP contribution in [0, 0.1) is 5.82 Å². The van der Waals surface area contributed by atoms with Gasteiger partial charge in [-0.3, -0.25) is 0 Å². The third kappa shape index (κ3) is 3.89. The highest BCUT2D eigenvalue weighted by atomic mass is 35.5. The van der Waals surface area contributed by atoms with Crippen LogP contribution in [0.3, 0.4) is 0 Å². The summed E-state index contributed by atoms with van der Waals surface area (Å²) in [5.41, 5.74) is 1.79. The molecule has 5 nitrogen and oxygen atoms in total. The van der Waals surface area contributed by atoms with Crippen LogP contribution in [0.4, 0.5) is 16.0 Å². The molecule has 0 unspecified atom stereocenters. The Morgan fingerprint density at radius 1 is 1.09 bits per heavy atom. The number of nitrogens with zero attached hydrogens (tertiary/aromatic N) is 4. The van der Waals surface area contributed by atoms with Crippen molar-refractivity contribution in [3.05, 3.63) is 47.0 Å². The number of methoxy groups -OCH3 is 1. The minimum absolute atomic E-state index is 0.217. The van der Waals surface area contributed by atoms with Crippen LogP contribution < -0.4 is 9.80 Å². The molecule has 0 radical (unpaired) electrons. The fraction of sp³-hybridized carbons (Fsp3) is 0.375. The summed E-state index contributed by atoms with van der Waals surface area (Å²) in [5, 5.41) is 0.419. The molecule has 122 valence electrons. The van der Waals surface area contributed by atoms with Crippen LogP contribution in [-0.2, 0) is 11.3 Å². The summed E-state index contributed by atoms with van der Waals surface area (Å²) in [7, 11) is 1.62. The normalized spacial score (nSPS) is 15.1. The number of hydrogen-bond acceptors (Lipinski definition) is 5. The molecule has 7 heteroatoms. The van der Waals surface area contributed by atoms with E-state index in [-0.39, 0.29) is 5.82 Å². The second kappa shape index (κ2) is 7.10. The van der Waals surface area contributed by atoms with E-state index in [0.717, 1.165) is 37.6 Å². The maximum absolute atomic E-state index is 13.0. The Bertz CT molecular complexity index is 660. The van der Waals surface area contributed by atoms with Crippen LogP contribution in [0.15, 0.2) is 30.3 Å². The summed E-state index contributed by atoms with van der Waals surface area (Å²) in [6.07, 6.45) is 0. The number of ether oxygens (including phenoxy) is 1. The zero-order valence-electron chi connectivity index (χ0n) is 12.9. The highest BCUT2D eigenvalue weighted by Crippen LogP contribution is 2.20. The molecule has 0 spiro atoms. The monoisotopic (exact) mass is 336 g/mol. The molecular formula is C16H18ClFN4O. The highest BCUT2D eigenvalue weighted by Gasteiger charge is 2.20. The van der Waals surface area contributed by atoms with Crippen molar-refractivity contribution >= 4 is 23.2 Å². The molecule has 1 saturated heterocycles. The predicted molar refractivity (Wildman–Crippen MR) is 88.6 cm³/mol. The molecule has 0 bridgehead atoms. The lowest BCUT2D eigenvalue weighted by Crippen LogP contribution is -2.47. The van der Waals surface area contributed by atoms with E-state index in [1.807, 2.05) is 0 Å². The first kappa shape index (κ1) is 16.0. The summed E-state index contributed by atoms with van der Waals surface area (Å²) in [6, 6.07) is 8.29. The third-order valence-electron chi connectivity index (χ3n) is 3.78. The van der Waals surface area contributed by atoms with Crippen molar-refractivity contribution in [2.45, 2.75) is 6.61 Å². The third-order valence-corrected chi connectivity index (χ3v) is 3.98. The minimum Gasteiger partial charge on any atom is -0.378 e. The highest BCUT2D eigenvalue weighted by molar-refractivity contribution is 6.29. The lowest BCUT2D eigenvalue weighted by Gasteiger charge is -2.36. The van der Waals surface area contributed by atoms with E-state index in [1.54, 1.807) is 25.3 Å². The molecule has 1 aliphatic heterocycles. The molecule has 3 rings (SSSR count). The Balaban J connectivity index is 1.68. The largest absolute Gasteiger partial charge is 0.378 e. The van der Waals surface area contributed by atoms with E-state index in [9.17, 15) is 4.39 Å². The zero-order chi connectivity index (χ0) is 16.2. The molecule has 0 atom stereocenters. The lowest BCUT2D eigenvalue weighted by molar-refractivity contribution is 0.181. The number of aromatic nitrogens is 2. The second-order valence-electron chi connectivity index (χ2n) is 5.37. The van der Waals surface area contributed by atoms with Gasteiger partial charge in [-0.05, 0) is 30.3 Å². The van der Waals surface area contributed by atoms with Crippen molar-refractivity contribution < 1.29 is 9.13 Å². The van der Waals surface area contributed by atoms with Crippen molar-refractivity contribution in [3.8, 4) is 0 Å². The van der Waals surface area contributed by atoms with Crippen molar-refractivity contribution in [3.63, 3.8) is 0 Å². The Labute approximate surface area is 139 Å². The van der Waals surface area contributed by atoms with E-state index in [4.69, 9.17) is 16.3 Å². The minimum atomic E-state index is -0.217. The van der Waals surface area contributed by atoms with Gasteiger partial charge in [-0.25, -0.2) is 14.4 Å². The average Bonchev–Trinajstić information content (AvgIpc) is 2.55. The van der Waals surface area contributed by atoms with Gasteiger partial charge >= 0.3 is 0 Å². The molecule has 23 heavy (non-hydrogen) atoms. The average molecular weight is 337 g/mol. The fourth-order valence-corrected chi connectivity index (χ4v) is 2.83. The number of halogens is 2. The number of piperazine rings is 1. The van der Waals surface area contributed by atoms with Crippen LogP contribution in [-0.4, -0.2) is 43.3 Å². The van der Waals surface area contributed by atoms with Crippen LogP contribution in [0.2, 0.25) is 5.15 Å². The summed E-state index contributed by atoms with van der Waals surface area (Å²) >= 11 is 6.07. The predicted octanol–water partition coefficient (Wildman–Crippen LogP) is 2.74. The Morgan fingerprint density at radius 3 is 2.39 bits per heavy atom. The van der Waals surface area contributed by atoms with Crippen molar-refractivity contribution in [1.82, 2.24) is 9.97 Å². The van der Waals surface area contributed by atoms with Gasteiger partial charge in [0.05, 0.1) is 12.3 Å². The molecular weight excluding hydrogens is 319 g/mol. The van der Waals surface area contributed by atoms with Crippen molar-refractivity contribution in [2.75, 3.05) is 43.1 Å². The van der Waals surface area contributed by atoms with Crippen LogP contribution in [0.25, 0.3) is 0 Å². The van der Waals surface area contributed by atoms with E-state index >= 15 is 0 Å². The summed E-state index contributed by atoms with van der Waals surface area (Å²) in [5.74, 6) is 0.411. The molecule has 0 aliphatic carbocycles. The summed E-state index contributed by atoms with van der Waals surface area (Å²) < 4.78 is 18.1. The first-order valence-corrected chi connectivity index (χ1v) is 7.81. The van der Waals surface area contributed by atoms with E-state index < -0.39 is 0 Å². The number of anilines is 2. The Morgan fingerprint density at radius 2 is 1.74 bits per heavy atom. The van der Waals surface area contributed by atoms with Gasteiger partial charge in [0.15, 0.2) is 0 Å². The smallest absolute Gasteiger partial charge is 0.227 e. The first-order chi connectivity index (χ1) is 11.2. The van der Waals surface area contributed by atoms with Crippen molar-refractivity contribution in [1.29, 1.82) is 0 Å². The van der Waals surface area contributed by atoms with Gasteiger partial charge in [0.2, 0.25) is 5.95 Å². The SMILES string of the molecule is COCc1cc(Cl)nc(N2CCN(c3ccc(F)cc3)CC2)n1. The fourth-order valence-electron chi connectivity index (χ4n) is 2.63. The second-order valence-corrected chi connectivity index (χ2v) is 5.75. The Kier molecular flexibility index (Phi) is 4.93. The van der Waals surface area contributed by atoms with Gasteiger partial charge in [-0.15, -0.1) is 0 Å². The standard InChI is InChI=1S/C16H18ClFN4O/c1-23-11-13-10-15(17)20-16(19-13)22-8-6-21(7-9-22)14-4-2-12(18)3-5-14/h2-5,10H,6-9,11H2,1H3. The molecule has 1 aliphatic rings. The lowest BCUT2D eigenvalue weighted by atomic mass is 10.2. The number of benzene rings is 1. The molecule has 2 heterocycles. The molecule has 0 amide bonds. The van der Waals surface area contributed by atoms with Gasteiger partial charge in [-0.1, -0.05) is 11.6 Å². The molecule has 1 fully saturated rings. The maximum Gasteiger partial charge on any atom is 0.227 e. The number of hydrogen-bond donors (Lipinski definition) is 0. The Hall–Kier alpha value is -1.92. The molecule has 2 aromatic rings. The summed E-state index contributed by atoms with van der Waals surface area (Å²) in [4.78, 5) is 13.1. The first-order valence-electron chi connectivity index (χ1n) is 7.43. The van der Waals surface area contributed by atoms with Crippen LogP contribution in [0.1, 0.15) is 5.69 Å².